The minimum Gasteiger partial charge on any atom is -0.481 e. The van der Waals surface area contributed by atoms with Crippen molar-refractivity contribution in [1.29, 1.82) is 0 Å². The highest BCUT2D eigenvalue weighted by molar-refractivity contribution is 5.84. The van der Waals surface area contributed by atoms with Crippen LogP contribution in [0, 0.1) is 10.8 Å². The third-order valence-electron chi connectivity index (χ3n) is 12.5. The van der Waals surface area contributed by atoms with Crippen molar-refractivity contribution in [1.82, 2.24) is 0 Å². The van der Waals surface area contributed by atoms with Crippen molar-refractivity contribution >= 4 is 35.8 Å². The number of esters is 5. The molecule has 4 rings (SSSR count). The summed E-state index contributed by atoms with van der Waals surface area (Å²) in [5.74, 6) is -8.77. The molecular weight excluding hydrogens is 852 g/mol. The van der Waals surface area contributed by atoms with Crippen molar-refractivity contribution in [3.63, 3.8) is 0 Å². The van der Waals surface area contributed by atoms with Gasteiger partial charge in [0.25, 0.3) is 0 Å². The molecule has 3 fully saturated rings. The van der Waals surface area contributed by atoms with Crippen LogP contribution in [-0.2, 0) is 71.4 Å². The maximum Gasteiger partial charge on any atom is 0.331 e. The monoisotopic (exact) mass is 920 g/mol. The summed E-state index contributed by atoms with van der Waals surface area (Å²) < 4.78 is 54.1. The Labute approximate surface area is 380 Å². The van der Waals surface area contributed by atoms with Crippen LogP contribution in [0.1, 0.15) is 119 Å². The maximum absolute atomic E-state index is 13.4. The third kappa shape index (κ3) is 14.3. The Hall–Kier alpha value is -4.46. The van der Waals surface area contributed by atoms with Gasteiger partial charge in [0.2, 0.25) is 5.79 Å². The van der Waals surface area contributed by atoms with E-state index in [-0.39, 0.29) is 63.5 Å². The molecule has 4 aliphatic rings. The van der Waals surface area contributed by atoms with Gasteiger partial charge < -0.3 is 58.0 Å². The number of aliphatic hydroxyl groups excluding tert-OH is 1. The van der Waals surface area contributed by atoms with E-state index in [0.717, 1.165) is 18.9 Å². The van der Waals surface area contributed by atoms with Gasteiger partial charge in [0.15, 0.2) is 11.9 Å². The van der Waals surface area contributed by atoms with Crippen molar-refractivity contribution in [2.75, 3.05) is 20.8 Å². The van der Waals surface area contributed by atoms with Gasteiger partial charge in [0.1, 0.15) is 12.2 Å². The van der Waals surface area contributed by atoms with Crippen LogP contribution in [0.3, 0.4) is 0 Å². The quantitative estimate of drug-likeness (QED) is 0.0778. The van der Waals surface area contributed by atoms with Crippen LogP contribution in [0.4, 0.5) is 0 Å². The summed E-state index contributed by atoms with van der Waals surface area (Å²) in [6, 6.07) is 0. The Balaban J connectivity index is 1.84. The number of carboxylic acid groups (broad SMARTS) is 1. The highest BCUT2D eigenvalue weighted by Crippen LogP contribution is 2.51. The van der Waals surface area contributed by atoms with Crippen LogP contribution in [0.25, 0.3) is 0 Å². The summed E-state index contributed by atoms with van der Waals surface area (Å²) in [5, 5.41) is 33.3. The van der Waals surface area contributed by atoms with E-state index in [0.29, 0.717) is 0 Å². The lowest BCUT2D eigenvalue weighted by Gasteiger charge is -2.55. The predicted octanol–water partition coefficient (Wildman–Crippen LogP) is 4.86. The fourth-order valence-electron chi connectivity index (χ4n) is 8.78. The summed E-state index contributed by atoms with van der Waals surface area (Å²) in [7, 11) is 2.60. The average Bonchev–Trinajstić information content (AvgIpc) is 3.21. The Morgan fingerprint density at radius 1 is 0.892 bits per heavy atom. The number of hydrogen-bond donors (Lipinski definition) is 3. The lowest BCUT2D eigenvalue weighted by molar-refractivity contribution is -0.359. The topological polar surface area (TPSA) is 246 Å². The van der Waals surface area contributed by atoms with Gasteiger partial charge in [0, 0.05) is 70.1 Å². The van der Waals surface area contributed by atoms with Crippen LogP contribution in [0.15, 0.2) is 48.1 Å². The molecule has 18 heteroatoms. The number of carboxylic acids is 1. The van der Waals surface area contributed by atoms with Crippen molar-refractivity contribution < 1.29 is 86.7 Å². The summed E-state index contributed by atoms with van der Waals surface area (Å²) >= 11 is 0. The zero-order valence-electron chi connectivity index (χ0n) is 38.8. The van der Waals surface area contributed by atoms with E-state index >= 15 is 0 Å². The van der Waals surface area contributed by atoms with Gasteiger partial charge in [-0.3, -0.25) is 19.2 Å². The molecule has 0 aromatic rings. The molecule has 3 N–H and O–H groups in total. The van der Waals surface area contributed by atoms with Crippen LogP contribution in [-0.4, -0.2) is 132 Å². The molecule has 0 aromatic carbocycles. The first-order valence-corrected chi connectivity index (χ1v) is 22.3. The smallest absolute Gasteiger partial charge is 0.331 e. The predicted molar refractivity (Wildman–Crippen MR) is 229 cm³/mol. The standard InChI is InChI=1S/C47H68O18/c1-9-10-11-12-13-14-39(52)63-43-30(22-41(54)57-7)21-33-18-20-59-42(55)24-31(49)23-35-27-37(60-29(2)48)45(5,6)46(58-8,64-35)28-36-26-34(62-40(53)16-15-38(50)51)25-32(61-36)17-19-44(3,4)47(43,56)65-33/h11-14,17,19,22,31-37,43,49,56H,9-10,15-16,18,20-21,23-28H2,1-8H3,(H,50,51)/b12-11+,14-13+,19-17+,30-22+/t31-,32+,33-,34-,35-,36+,37+,43+,46+,47-/m1/s1. The second-order valence-corrected chi connectivity index (χ2v) is 18.2. The number of fused-ring (bicyclic) bond motifs is 6. The number of carbonyl (C=O) groups is 6. The van der Waals surface area contributed by atoms with Crippen LogP contribution >= 0.6 is 0 Å². The first-order valence-electron chi connectivity index (χ1n) is 22.3. The second-order valence-electron chi connectivity index (χ2n) is 18.2. The summed E-state index contributed by atoms with van der Waals surface area (Å²) in [4.78, 5) is 76.0. The number of methoxy groups -OCH3 is 2. The number of rotatable bonds is 12. The zero-order valence-corrected chi connectivity index (χ0v) is 38.8. The Bertz CT molecular complexity index is 1810. The molecular formula is C47H68O18. The number of ether oxygens (including phenoxy) is 9. The van der Waals surface area contributed by atoms with E-state index in [4.69, 9.17) is 42.6 Å². The maximum atomic E-state index is 13.4. The number of unbranched alkanes of at least 4 members (excludes halogenated alkanes) is 1. The van der Waals surface area contributed by atoms with E-state index in [9.17, 15) is 44.1 Å². The highest BCUT2D eigenvalue weighted by atomic mass is 16.7. The van der Waals surface area contributed by atoms with Gasteiger partial charge in [-0.25, -0.2) is 9.59 Å². The molecule has 4 heterocycles. The van der Waals surface area contributed by atoms with Gasteiger partial charge in [-0.1, -0.05) is 71.4 Å². The Morgan fingerprint density at radius 3 is 2.29 bits per heavy atom. The molecule has 0 radical (unpaired) electrons. The normalized spacial score (nSPS) is 34.2. The lowest BCUT2D eigenvalue weighted by Crippen LogP contribution is -2.63. The van der Waals surface area contributed by atoms with E-state index in [1.165, 1.54) is 33.3 Å². The molecule has 65 heavy (non-hydrogen) atoms. The van der Waals surface area contributed by atoms with Crippen LogP contribution in [0.2, 0.25) is 0 Å². The molecule has 0 spiro atoms. The van der Waals surface area contributed by atoms with Gasteiger partial charge in [0.05, 0.1) is 68.9 Å². The SMILES string of the molecule is CCC/C=C/C=C/C(=O)O[C@H]1/C(=C/C(=O)OC)C[C@H]2CCOC(=O)C[C@H](O)C[C@@H]3C[C@H](OC(C)=O)C(C)(C)[C@](OC)(C[C@@H]4C[C@H](OC(=O)CCC(=O)O)C[C@H](/C=C/C(C)(C)[C@]1(O)O2)O4)O3. The van der Waals surface area contributed by atoms with Crippen molar-refractivity contribution in [2.45, 2.75) is 179 Å². The van der Waals surface area contributed by atoms with Gasteiger partial charge >= 0.3 is 35.8 Å². The van der Waals surface area contributed by atoms with Crippen LogP contribution < -0.4 is 0 Å². The minimum absolute atomic E-state index is 0.00876. The number of carbonyl (C=O) groups excluding carboxylic acids is 5. The first-order chi connectivity index (χ1) is 30.6. The third-order valence-corrected chi connectivity index (χ3v) is 12.5. The van der Waals surface area contributed by atoms with E-state index < -0.39 is 120 Å². The molecule has 6 bridgehead atoms. The molecule has 0 amide bonds. The summed E-state index contributed by atoms with van der Waals surface area (Å²) in [6.45, 7) is 9.93. The Kier molecular flexibility index (Phi) is 19.1. The molecule has 18 nitrogen and oxygen atoms in total. The highest BCUT2D eigenvalue weighted by Gasteiger charge is 2.60. The molecule has 0 aromatic heterocycles. The molecule has 364 valence electrons. The fourth-order valence-corrected chi connectivity index (χ4v) is 8.78. The first kappa shape index (κ1) is 53.2. The number of hydrogen-bond acceptors (Lipinski definition) is 17. The van der Waals surface area contributed by atoms with Crippen molar-refractivity contribution in [2.24, 2.45) is 10.8 Å². The second kappa shape index (κ2) is 23.3. The number of aliphatic carboxylic acids is 1. The largest absolute Gasteiger partial charge is 0.481 e. The van der Waals surface area contributed by atoms with Crippen molar-refractivity contribution in [3.8, 4) is 0 Å². The number of aliphatic hydroxyl groups is 2. The molecule has 3 saturated heterocycles. The molecule has 4 aliphatic heterocycles. The summed E-state index contributed by atoms with van der Waals surface area (Å²) in [5.41, 5.74) is -2.36. The van der Waals surface area contributed by atoms with Gasteiger partial charge in [-0.2, -0.15) is 0 Å². The minimum atomic E-state index is -2.40. The molecule has 0 aliphatic carbocycles. The van der Waals surface area contributed by atoms with E-state index in [1.807, 2.05) is 26.8 Å². The van der Waals surface area contributed by atoms with E-state index in [1.54, 1.807) is 32.1 Å². The molecule has 0 saturated carbocycles. The van der Waals surface area contributed by atoms with Crippen molar-refractivity contribution in [3.05, 3.63) is 48.1 Å². The van der Waals surface area contributed by atoms with Gasteiger partial charge in [-0.05, 0) is 18.4 Å². The molecule has 0 unspecified atom stereocenters. The zero-order chi connectivity index (χ0) is 48.2. The Morgan fingerprint density at radius 2 is 1.63 bits per heavy atom. The average molecular weight is 921 g/mol. The van der Waals surface area contributed by atoms with E-state index in [2.05, 4.69) is 0 Å². The molecule has 10 atom stereocenters. The fraction of sp³-hybridized carbons (Fsp3) is 0.702. The summed E-state index contributed by atoms with van der Waals surface area (Å²) in [6.07, 6.45) is 3.56. The van der Waals surface area contributed by atoms with Crippen LogP contribution in [0.5, 0.6) is 0 Å². The lowest BCUT2D eigenvalue weighted by atomic mass is 9.70. The van der Waals surface area contributed by atoms with Gasteiger partial charge in [-0.15, -0.1) is 0 Å². The number of cyclic esters (lactones) is 1. The number of allylic oxidation sites excluding steroid dienone is 3.